The molecule has 3 aromatic rings. The summed E-state index contributed by atoms with van der Waals surface area (Å²) in [7, 11) is 1.70. The summed E-state index contributed by atoms with van der Waals surface area (Å²) in [6.45, 7) is 2.06. The lowest BCUT2D eigenvalue weighted by atomic mass is 10.0. The average Bonchev–Trinajstić information content (AvgIpc) is 2.68. The number of nitrogens with zero attached hydrogens (tertiary/aromatic N) is 1. The highest BCUT2D eigenvalue weighted by Gasteiger charge is 2.15. The van der Waals surface area contributed by atoms with Crippen molar-refractivity contribution in [1.82, 2.24) is 10.3 Å². The highest BCUT2D eigenvalue weighted by Crippen LogP contribution is 2.36. The number of hydrogen-bond acceptors (Lipinski definition) is 4. The van der Waals surface area contributed by atoms with Crippen molar-refractivity contribution in [2.24, 2.45) is 0 Å². The van der Waals surface area contributed by atoms with Crippen molar-refractivity contribution in [3.05, 3.63) is 54.7 Å². The molecule has 0 amide bonds. The third-order valence-corrected chi connectivity index (χ3v) is 4.69. The second kappa shape index (κ2) is 7.11. The van der Waals surface area contributed by atoms with E-state index in [4.69, 9.17) is 9.47 Å². The van der Waals surface area contributed by atoms with Gasteiger partial charge in [-0.25, -0.2) is 0 Å². The average molecular weight is 334 g/mol. The molecule has 0 aliphatic carbocycles. The molecule has 1 fully saturated rings. The molecule has 0 atom stereocenters. The zero-order chi connectivity index (χ0) is 17.1. The zero-order valence-corrected chi connectivity index (χ0v) is 14.4. The fraction of sp³-hybridized carbons (Fsp3) is 0.286. The van der Waals surface area contributed by atoms with Crippen molar-refractivity contribution in [1.29, 1.82) is 0 Å². The van der Waals surface area contributed by atoms with Crippen LogP contribution in [0, 0.1) is 0 Å². The topological polar surface area (TPSA) is 43.4 Å². The maximum absolute atomic E-state index is 6.09. The van der Waals surface area contributed by atoms with Gasteiger partial charge in [0.1, 0.15) is 17.4 Å². The minimum atomic E-state index is 0.312. The van der Waals surface area contributed by atoms with Gasteiger partial charge in [-0.3, -0.25) is 4.98 Å². The van der Waals surface area contributed by atoms with E-state index in [1.165, 1.54) is 0 Å². The summed E-state index contributed by atoms with van der Waals surface area (Å²) in [6.07, 6.45) is 4.23. The number of fused-ring (bicyclic) bond motifs is 1. The first-order chi connectivity index (χ1) is 12.3. The normalized spacial score (nSPS) is 15.2. The molecule has 1 aliphatic rings. The standard InChI is InChI=1S/C21H22N2O2/c1-24-21-19(9-6-16-3-2-12-23-20(16)21)15-4-7-17(8-5-15)25-18-10-13-22-14-11-18/h2-9,12,18,22H,10-11,13-14H2,1H3. The van der Waals surface area contributed by atoms with Crippen LogP contribution in [0.3, 0.4) is 0 Å². The zero-order valence-electron chi connectivity index (χ0n) is 14.4. The highest BCUT2D eigenvalue weighted by atomic mass is 16.5. The first-order valence-corrected chi connectivity index (χ1v) is 8.75. The van der Waals surface area contributed by atoms with E-state index in [9.17, 15) is 0 Å². The summed E-state index contributed by atoms with van der Waals surface area (Å²) >= 11 is 0. The molecule has 1 aromatic heterocycles. The molecule has 4 nitrogen and oxygen atoms in total. The molecule has 4 rings (SSSR count). The quantitative estimate of drug-likeness (QED) is 0.782. The Labute approximate surface area is 147 Å². The third kappa shape index (κ3) is 3.30. The van der Waals surface area contributed by atoms with Crippen LogP contribution in [0.15, 0.2) is 54.7 Å². The Morgan fingerprint density at radius 1 is 1.00 bits per heavy atom. The van der Waals surface area contributed by atoms with E-state index in [0.717, 1.165) is 59.5 Å². The molecule has 2 aromatic carbocycles. The van der Waals surface area contributed by atoms with E-state index >= 15 is 0 Å². The summed E-state index contributed by atoms with van der Waals surface area (Å²) in [5, 5.41) is 4.44. The van der Waals surface area contributed by atoms with Gasteiger partial charge in [-0.05, 0) is 55.8 Å². The monoisotopic (exact) mass is 334 g/mol. The molecule has 0 saturated carbocycles. The van der Waals surface area contributed by atoms with Crippen LogP contribution in [0.5, 0.6) is 11.5 Å². The van der Waals surface area contributed by atoms with Crippen molar-refractivity contribution in [3.8, 4) is 22.6 Å². The summed E-state index contributed by atoms with van der Waals surface area (Å²) in [4.78, 5) is 4.48. The van der Waals surface area contributed by atoms with Crippen LogP contribution >= 0.6 is 0 Å². The molecule has 0 spiro atoms. The van der Waals surface area contributed by atoms with Gasteiger partial charge in [0.25, 0.3) is 0 Å². The fourth-order valence-corrected chi connectivity index (χ4v) is 3.37. The summed E-state index contributed by atoms with van der Waals surface area (Å²) < 4.78 is 11.8. The Kier molecular flexibility index (Phi) is 4.53. The van der Waals surface area contributed by atoms with Crippen molar-refractivity contribution in [2.45, 2.75) is 18.9 Å². The fourth-order valence-electron chi connectivity index (χ4n) is 3.37. The van der Waals surface area contributed by atoms with Gasteiger partial charge in [-0.15, -0.1) is 0 Å². The molecule has 0 bridgehead atoms. The van der Waals surface area contributed by atoms with Gasteiger partial charge < -0.3 is 14.8 Å². The van der Waals surface area contributed by atoms with E-state index in [2.05, 4.69) is 34.6 Å². The number of aromatic nitrogens is 1. The molecular weight excluding hydrogens is 312 g/mol. The molecule has 1 N–H and O–H groups in total. The summed E-state index contributed by atoms with van der Waals surface area (Å²) in [5.74, 6) is 1.73. The predicted octanol–water partition coefficient (Wildman–Crippen LogP) is 4.04. The van der Waals surface area contributed by atoms with Gasteiger partial charge in [0.05, 0.1) is 7.11 Å². The molecule has 4 heteroatoms. The van der Waals surface area contributed by atoms with Crippen LogP contribution in [0.1, 0.15) is 12.8 Å². The second-order valence-corrected chi connectivity index (χ2v) is 6.31. The number of methoxy groups -OCH3 is 1. The molecular formula is C21H22N2O2. The summed E-state index contributed by atoms with van der Waals surface area (Å²) in [6, 6.07) is 16.4. The number of pyridine rings is 1. The van der Waals surface area contributed by atoms with Crippen LogP contribution in [0.2, 0.25) is 0 Å². The maximum Gasteiger partial charge on any atom is 0.152 e. The van der Waals surface area contributed by atoms with Crippen LogP contribution in [0.25, 0.3) is 22.0 Å². The van der Waals surface area contributed by atoms with Gasteiger partial charge in [0.2, 0.25) is 0 Å². The SMILES string of the molecule is COc1c(-c2ccc(OC3CCNCC3)cc2)ccc2cccnc12. The molecule has 1 aliphatic heterocycles. The minimum Gasteiger partial charge on any atom is -0.494 e. The van der Waals surface area contributed by atoms with Crippen molar-refractivity contribution in [3.63, 3.8) is 0 Å². The first kappa shape index (κ1) is 15.9. The molecule has 128 valence electrons. The van der Waals surface area contributed by atoms with Gasteiger partial charge in [-0.1, -0.05) is 24.3 Å². The van der Waals surface area contributed by atoms with Gasteiger partial charge >= 0.3 is 0 Å². The van der Waals surface area contributed by atoms with E-state index < -0.39 is 0 Å². The predicted molar refractivity (Wildman–Crippen MR) is 100 cm³/mol. The van der Waals surface area contributed by atoms with Crippen molar-refractivity contribution < 1.29 is 9.47 Å². The summed E-state index contributed by atoms with van der Waals surface area (Å²) in [5.41, 5.74) is 3.03. The highest BCUT2D eigenvalue weighted by molar-refractivity contribution is 5.92. The molecule has 25 heavy (non-hydrogen) atoms. The lowest BCUT2D eigenvalue weighted by Crippen LogP contribution is -2.34. The van der Waals surface area contributed by atoms with E-state index in [1.54, 1.807) is 13.3 Å². The van der Waals surface area contributed by atoms with Gasteiger partial charge in [-0.2, -0.15) is 0 Å². The first-order valence-electron chi connectivity index (χ1n) is 8.75. The molecule has 2 heterocycles. The largest absolute Gasteiger partial charge is 0.494 e. The van der Waals surface area contributed by atoms with E-state index in [1.807, 2.05) is 24.3 Å². The molecule has 1 saturated heterocycles. The Balaban J connectivity index is 1.62. The maximum atomic E-state index is 6.09. The van der Waals surface area contributed by atoms with E-state index in [0.29, 0.717) is 6.10 Å². The second-order valence-electron chi connectivity index (χ2n) is 6.31. The number of nitrogens with one attached hydrogen (secondary N) is 1. The number of hydrogen-bond donors (Lipinski definition) is 1. The van der Waals surface area contributed by atoms with Crippen LogP contribution in [-0.2, 0) is 0 Å². The third-order valence-electron chi connectivity index (χ3n) is 4.69. The minimum absolute atomic E-state index is 0.312. The Morgan fingerprint density at radius 3 is 2.56 bits per heavy atom. The lowest BCUT2D eigenvalue weighted by Gasteiger charge is -2.24. The smallest absolute Gasteiger partial charge is 0.152 e. The Bertz CT molecular complexity index is 855. The van der Waals surface area contributed by atoms with Gasteiger partial charge in [0, 0.05) is 17.1 Å². The number of ether oxygens (including phenoxy) is 2. The Hall–Kier alpha value is -2.59. The Morgan fingerprint density at radius 2 is 1.80 bits per heavy atom. The molecule has 0 radical (unpaired) electrons. The van der Waals surface area contributed by atoms with Crippen LogP contribution < -0.4 is 14.8 Å². The lowest BCUT2D eigenvalue weighted by molar-refractivity contribution is 0.162. The van der Waals surface area contributed by atoms with E-state index in [-0.39, 0.29) is 0 Å². The number of benzene rings is 2. The molecule has 0 unspecified atom stereocenters. The van der Waals surface area contributed by atoms with Gasteiger partial charge in [0.15, 0.2) is 5.75 Å². The van der Waals surface area contributed by atoms with Crippen LogP contribution in [-0.4, -0.2) is 31.3 Å². The number of piperidine rings is 1. The number of rotatable bonds is 4. The van der Waals surface area contributed by atoms with Crippen molar-refractivity contribution >= 4 is 10.9 Å². The van der Waals surface area contributed by atoms with Crippen LogP contribution in [0.4, 0.5) is 0 Å². The van der Waals surface area contributed by atoms with Crippen molar-refractivity contribution in [2.75, 3.05) is 20.2 Å².